The Kier molecular flexibility index (Phi) is 5.25. The quantitative estimate of drug-likeness (QED) is 0.607. The molecule has 2 aromatic heterocycles. The van der Waals surface area contributed by atoms with Gasteiger partial charge in [0, 0.05) is 36.3 Å². The van der Waals surface area contributed by atoms with Crippen molar-refractivity contribution in [1.82, 2.24) is 20.1 Å². The number of rotatable bonds is 7. The number of nitrogens with zero attached hydrogens (tertiary/aromatic N) is 3. The lowest BCUT2D eigenvalue weighted by molar-refractivity contribution is -0.139. The fourth-order valence-corrected chi connectivity index (χ4v) is 2.71. The third kappa shape index (κ3) is 4.43. The molecule has 6 nitrogen and oxygen atoms in total. The third-order valence-corrected chi connectivity index (χ3v) is 3.82. The molecule has 2 aromatic rings. The van der Waals surface area contributed by atoms with Crippen LogP contribution >= 0.6 is 11.3 Å². The second-order valence-electron chi connectivity index (χ2n) is 4.38. The maximum Gasteiger partial charge on any atom is 0.310 e. The molecule has 0 fully saturated rings. The molecule has 0 aliphatic heterocycles. The molecule has 108 valence electrons. The highest BCUT2D eigenvalue weighted by atomic mass is 32.1. The third-order valence-electron chi connectivity index (χ3n) is 2.74. The normalized spacial score (nSPS) is 10.7. The zero-order chi connectivity index (χ0) is 14.4. The Balaban J connectivity index is 1.70. The highest BCUT2D eigenvalue weighted by Gasteiger charge is 2.06. The number of carbonyl (C=O) groups is 1. The summed E-state index contributed by atoms with van der Waals surface area (Å²) in [6, 6.07) is 4.01. The van der Waals surface area contributed by atoms with E-state index in [0.717, 1.165) is 30.2 Å². The van der Waals surface area contributed by atoms with Crippen LogP contribution in [0.5, 0.6) is 0 Å². The van der Waals surface area contributed by atoms with Crippen LogP contribution in [0.15, 0.2) is 18.5 Å². The van der Waals surface area contributed by atoms with E-state index >= 15 is 0 Å². The predicted octanol–water partition coefficient (Wildman–Crippen LogP) is 0.924. The first-order chi connectivity index (χ1) is 9.67. The lowest BCUT2D eigenvalue weighted by Gasteiger charge is -2.00. The number of nitrogens with one attached hydrogen (secondary N) is 1. The van der Waals surface area contributed by atoms with E-state index in [4.69, 9.17) is 0 Å². The number of hydrogen-bond donors (Lipinski definition) is 1. The Labute approximate surface area is 121 Å². The summed E-state index contributed by atoms with van der Waals surface area (Å²) in [4.78, 5) is 17.6. The summed E-state index contributed by atoms with van der Waals surface area (Å²) in [5.41, 5.74) is 0. The molecule has 20 heavy (non-hydrogen) atoms. The van der Waals surface area contributed by atoms with Crippen LogP contribution in [0.3, 0.4) is 0 Å². The molecule has 2 rings (SSSR count). The van der Waals surface area contributed by atoms with Crippen molar-refractivity contribution in [3.63, 3.8) is 0 Å². The van der Waals surface area contributed by atoms with Gasteiger partial charge in [0.15, 0.2) is 5.82 Å². The van der Waals surface area contributed by atoms with Crippen molar-refractivity contribution in [1.29, 1.82) is 0 Å². The molecule has 0 unspecified atom stereocenters. The highest BCUT2D eigenvalue weighted by molar-refractivity contribution is 7.12. The van der Waals surface area contributed by atoms with Crippen molar-refractivity contribution in [2.24, 2.45) is 7.05 Å². The van der Waals surface area contributed by atoms with Crippen LogP contribution in [-0.4, -0.2) is 34.4 Å². The van der Waals surface area contributed by atoms with Crippen molar-refractivity contribution in [2.45, 2.75) is 19.4 Å². The first kappa shape index (κ1) is 14.7. The van der Waals surface area contributed by atoms with Crippen LogP contribution in [0, 0.1) is 0 Å². The van der Waals surface area contributed by atoms with E-state index in [1.165, 1.54) is 12.0 Å². The highest BCUT2D eigenvalue weighted by Crippen LogP contribution is 2.17. The Morgan fingerprint density at radius 2 is 2.25 bits per heavy atom. The molecule has 0 spiro atoms. The second-order valence-corrected chi connectivity index (χ2v) is 5.64. The van der Waals surface area contributed by atoms with Crippen molar-refractivity contribution >= 4 is 17.3 Å². The number of aromatic nitrogens is 3. The summed E-state index contributed by atoms with van der Waals surface area (Å²) in [5.74, 6) is 0.644. The Morgan fingerprint density at radius 1 is 1.45 bits per heavy atom. The number of ether oxygens (including phenoxy) is 1. The molecular formula is C13H18N4O2S. The maximum absolute atomic E-state index is 11.2. The van der Waals surface area contributed by atoms with Crippen LogP contribution in [0.1, 0.15) is 15.6 Å². The van der Waals surface area contributed by atoms with Gasteiger partial charge in [0.1, 0.15) is 6.33 Å². The summed E-state index contributed by atoms with van der Waals surface area (Å²) in [6.07, 6.45) is 2.86. The van der Waals surface area contributed by atoms with Gasteiger partial charge in [-0.25, -0.2) is 4.98 Å². The average Bonchev–Trinajstić information content (AvgIpc) is 3.04. The number of carbonyl (C=O) groups excluding carboxylic acids is 1. The molecule has 0 aliphatic rings. The van der Waals surface area contributed by atoms with E-state index in [0.29, 0.717) is 6.42 Å². The van der Waals surface area contributed by atoms with Gasteiger partial charge >= 0.3 is 5.97 Å². The maximum atomic E-state index is 11.2. The molecule has 0 bridgehead atoms. The minimum atomic E-state index is -0.201. The fraction of sp³-hybridized carbons (Fsp3) is 0.462. The van der Waals surface area contributed by atoms with E-state index in [9.17, 15) is 4.79 Å². The number of methoxy groups -OCH3 is 1. The van der Waals surface area contributed by atoms with Crippen LogP contribution in [-0.2, 0) is 36.0 Å². The van der Waals surface area contributed by atoms with Gasteiger partial charge in [-0.05, 0) is 12.1 Å². The summed E-state index contributed by atoms with van der Waals surface area (Å²) in [5, 5.41) is 7.56. The van der Waals surface area contributed by atoms with Gasteiger partial charge in [-0.1, -0.05) is 0 Å². The second kappa shape index (κ2) is 7.16. The molecule has 0 saturated heterocycles. The SMILES string of the molecule is COC(=O)Cc1ccc(CNCCc2ncn(C)n2)s1. The van der Waals surface area contributed by atoms with Crippen LogP contribution in [0.2, 0.25) is 0 Å². The molecule has 0 amide bonds. The molecule has 7 heteroatoms. The average molecular weight is 294 g/mol. The van der Waals surface area contributed by atoms with Gasteiger partial charge in [0.05, 0.1) is 13.5 Å². The van der Waals surface area contributed by atoms with E-state index in [-0.39, 0.29) is 5.97 Å². The van der Waals surface area contributed by atoms with E-state index in [2.05, 4.69) is 20.1 Å². The zero-order valence-electron chi connectivity index (χ0n) is 11.6. The lowest BCUT2D eigenvalue weighted by atomic mass is 10.3. The molecule has 0 aliphatic carbocycles. The van der Waals surface area contributed by atoms with Gasteiger partial charge in [0.25, 0.3) is 0 Å². The van der Waals surface area contributed by atoms with Gasteiger partial charge < -0.3 is 10.1 Å². The summed E-state index contributed by atoms with van der Waals surface area (Å²) in [6.45, 7) is 1.62. The predicted molar refractivity (Wildman–Crippen MR) is 76.5 cm³/mol. The summed E-state index contributed by atoms with van der Waals surface area (Å²) >= 11 is 1.63. The largest absolute Gasteiger partial charge is 0.469 e. The monoisotopic (exact) mass is 294 g/mol. The number of hydrogen-bond acceptors (Lipinski definition) is 6. The first-order valence-electron chi connectivity index (χ1n) is 6.37. The number of thiophene rings is 1. The minimum absolute atomic E-state index is 0.201. The van der Waals surface area contributed by atoms with Crippen molar-refractivity contribution < 1.29 is 9.53 Å². The standard InChI is InChI=1S/C13H18N4O2S/c1-17-9-15-12(16-17)5-6-14-8-11-4-3-10(20-11)7-13(18)19-2/h3-4,9,14H,5-8H2,1-2H3. The molecule has 0 atom stereocenters. The Bertz CT molecular complexity index is 564. The lowest BCUT2D eigenvalue weighted by Crippen LogP contribution is -2.16. The molecular weight excluding hydrogens is 276 g/mol. The van der Waals surface area contributed by atoms with Gasteiger partial charge in [0.2, 0.25) is 0 Å². The topological polar surface area (TPSA) is 69.0 Å². The summed E-state index contributed by atoms with van der Waals surface area (Å²) in [7, 11) is 3.27. The summed E-state index contributed by atoms with van der Waals surface area (Å²) < 4.78 is 6.35. The van der Waals surface area contributed by atoms with Crippen LogP contribution in [0.25, 0.3) is 0 Å². The molecule has 0 aromatic carbocycles. The van der Waals surface area contributed by atoms with Gasteiger partial charge in [-0.3, -0.25) is 9.48 Å². The first-order valence-corrected chi connectivity index (χ1v) is 7.18. The van der Waals surface area contributed by atoms with E-state index in [1.807, 2.05) is 19.2 Å². The molecule has 0 saturated carbocycles. The fourth-order valence-electron chi connectivity index (χ4n) is 1.74. The minimum Gasteiger partial charge on any atom is -0.469 e. The van der Waals surface area contributed by atoms with E-state index in [1.54, 1.807) is 22.3 Å². The number of esters is 1. The van der Waals surface area contributed by atoms with Crippen LogP contribution < -0.4 is 5.32 Å². The molecule has 0 radical (unpaired) electrons. The smallest absolute Gasteiger partial charge is 0.310 e. The van der Waals surface area contributed by atoms with E-state index < -0.39 is 0 Å². The van der Waals surface area contributed by atoms with Crippen LogP contribution in [0.4, 0.5) is 0 Å². The van der Waals surface area contributed by atoms with Crippen molar-refractivity contribution in [2.75, 3.05) is 13.7 Å². The Morgan fingerprint density at radius 3 is 2.95 bits per heavy atom. The number of aryl methyl sites for hydroxylation is 1. The Hall–Kier alpha value is -1.73. The van der Waals surface area contributed by atoms with Gasteiger partial charge in [-0.2, -0.15) is 5.10 Å². The van der Waals surface area contributed by atoms with Crippen molar-refractivity contribution in [3.8, 4) is 0 Å². The zero-order valence-corrected chi connectivity index (χ0v) is 12.4. The van der Waals surface area contributed by atoms with Gasteiger partial charge in [-0.15, -0.1) is 11.3 Å². The molecule has 1 N–H and O–H groups in total. The van der Waals surface area contributed by atoms with Crippen molar-refractivity contribution in [3.05, 3.63) is 34.0 Å². The molecule has 2 heterocycles.